The molecule has 10 nitrogen and oxygen atoms in total. The van der Waals surface area contributed by atoms with Crippen molar-refractivity contribution in [2.45, 2.75) is 60.3 Å². The fraction of sp³-hybridized carbons (Fsp3) is 0.514. The van der Waals surface area contributed by atoms with E-state index >= 15 is 0 Å². The Morgan fingerprint density at radius 3 is 2.10 bits per heavy atom. The Balaban J connectivity index is 1.000. The van der Waals surface area contributed by atoms with Gasteiger partial charge in [-0.2, -0.15) is 0 Å². The van der Waals surface area contributed by atoms with Crippen LogP contribution in [0.25, 0.3) is 0 Å². The number of phenolic OH excluding ortho intramolecular Hbond substituents is 2. The maximum atomic E-state index is 13.2. The summed E-state index contributed by atoms with van der Waals surface area (Å²) in [6, 6.07) is 19.4. The van der Waals surface area contributed by atoms with Gasteiger partial charge in [-0.05, 0) is 114 Å². The van der Waals surface area contributed by atoms with Crippen LogP contribution in [0.15, 0.2) is 76.5 Å². The van der Waals surface area contributed by atoms with Gasteiger partial charge in [0, 0.05) is 36.7 Å². The second-order valence-corrected chi connectivity index (χ2v) is 15.5. The van der Waals surface area contributed by atoms with Crippen molar-refractivity contribution in [2.75, 3.05) is 66.6 Å². The van der Waals surface area contributed by atoms with E-state index in [0.29, 0.717) is 19.3 Å². The quantitative estimate of drug-likeness (QED) is 0.204. The van der Waals surface area contributed by atoms with E-state index in [2.05, 4.69) is 53.1 Å². The summed E-state index contributed by atoms with van der Waals surface area (Å²) in [6.07, 6.45) is 5.21. The first-order valence-corrected chi connectivity index (χ1v) is 18.6. The number of ether oxygens (including phenoxy) is 3. The number of benzene rings is 3. The molecule has 0 aliphatic carbocycles. The molecular weight excluding hydrogens is 630 g/mol. The van der Waals surface area contributed by atoms with E-state index in [9.17, 15) is 18.6 Å². The minimum absolute atomic E-state index is 0.0855. The Bertz CT molecular complexity index is 1590. The van der Waals surface area contributed by atoms with Gasteiger partial charge in [0.15, 0.2) is 17.3 Å². The summed E-state index contributed by atoms with van der Waals surface area (Å²) in [5.41, 5.74) is 2.14. The average Bonchev–Trinajstić information content (AvgIpc) is 3.60. The third-order valence-electron chi connectivity index (χ3n) is 10.0. The zero-order chi connectivity index (χ0) is 33.7. The van der Waals surface area contributed by atoms with Gasteiger partial charge in [0.2, 0.25) is 9.84 Å². The smallest absolute Gasteiger partial charge is 0.206 e. The topological polar surface area (TPSA) is 112 Å². The lowest BCUT2D eigenvalue weighted by atomic mass is 9.83. The van der Waals surface area contributed by atoms with Gasteiger partial charge in [-0.1, -0.05) is 24.3 Å². The van der Waals surface area contributed by atoms with Crippen LogP contribution in [0, 0.1) is 5.92 Å². The van der Waals surface area contributed by atoms with E-state index in [0.717, 1.165) is 95.4 Å². The van der Waals surface area contributed by atoms with Gasteiger partial charge in [-0.3, -0.25) is 4.90 Å². The highest BCUT2D eigenvalue weighted by molar-refractivity contribution is 7.91. The van der Waals surface area contributed by atoms with Crippen LogP contribution in [0.3, 0.4) is 0 Å². The van der Waals surface area contributed by atoms with Gasteiger partial charge < -0.3 is 34.2 Å². The first-order chi connectivity index (χ1) is 23.1. The van der Waals surface area contributed by atoms with E-state index in [1.807, 2.05) is 0 Å². The van der Waals surface area contributed by atoms with Gasteiger partial charge in [0.25, 0.3) is 0 Å². The Morgan fingerprint density at radius 2 is 1.48 bits per heavy atom. The zero-order valence-electron chi connectivity index (χ0n) is 28.1. The van der Waals surface area contributed by atoms with Gasteiger partial charge in [0.1, 0.15) is 5.75 Å². The molecule has 0 spiro atoms. The molecule has 0 aromatic heterocycles. The molecule has 3 aliphatic heterocycles. The molecule has 2 N–H and O–H groups in total. The molecule has 3 fully saturated rings. The number of sulfone groups is 1. The number of piperidine rings is 2. The van der Waals surface area contributed by atoms with Gasteiger partial charge in [-0.25, -0.2) is 8.42 Å². The average molecular weight is 680 g/mol. The van der Waals surface area contributed by atoms with Crippen molar-refractivity contribution in [2.24, 2.45) is 5.92 Å². The predicted molar refractivity (Wildman–Crippen MR) is 183 cm³/mol. The van der Waals surface area contributed by atoms with Gasteiger partial charge in [0.05, 0.1) is 29.6 Å². The largest absolute Gasteiger partial charge is 0.504 e. The maximum absolute atomic E-state index is 13.2. The van der Waals surface area contributed by atoms with Crippen LogP contribution in [0.1, 0.15) is 43.2 Å². The van der Waals surface area contributed by atoms with E-state index in [1.165, 1.54) is 17.7 Å². The van der Waals surface area contributed by atoms with Crippen molar-refractivity contribution in [1.29, 1.82) is 0 Å². The molecular formula is C37H49N3O7S. The van der Waals surface area contributed by atoms with Crippen LogP contribution >= 0.6 is 0 Å². The summed E-state index contributed by atoms with van der Waals surface area (Å²) in [7, 11) is 0.277. The normalized spacial score (nSPS) is 20.0. The molecule has 11 heteroatoms. The number of nitrogens with zero attached hydrogens (tertiary/aromatic N) is 3. The van der Waals surface area contributed by atoms with E-state index < -0.39 is 21.4 Å². The molecule has 3 aromatic carbocycles. The van der Waals surface area contributed by atoms with Crippen LogP contribution in [0.2, 0.25) is 0 Å². The molecule has 260 valence electrons. The summed E-state index contributed by atoms with van der Waals surface area (Å²) in [5, 5.41) is 19.4. The second-order valence-electron chi connectivity index (χ2n) is 13.5. The van der Waals surface area contributed by atoms with Crippen LogP contribution in [-0.4, -0.2) is 106 Å². The van der Waals surface area contributed by atoms with Crippen molar-refractivity contribution >= 4 is 9.84 Å². The first kappa shape index (κ1) is 34.7. The minimum Gasteiger partial charge on any atom is -0.504 e. The Labute approximate surface area is 284 Å². The number of hydrogen-bond acceptors (Lipinski definition) is 10. The lowest BCUT2D eigenvalue weighted by Crippen LogP contribution is -2.50. The number of likely N-dealkylation sites (tertiary alicyclic amines) is 2. The number of rotatable bonds is 12. The molecule has 0 bridgehead atoms. The minimum atomic E-state index is -3.88. The molecule has 0 saturated carbocycles. The summed E-state index contributed by atoms with van der Waals surface area (Å²) in [6.45, 7) is 7.86. The Kier molecular flexibility index (Phi) is 10.9. The van der Waals surface area contributed by atoms with Crippen molar-refractivity contribution in [3.05, 3.63) is 77.9 Å². The highest BCUT2D eigenvalue weighted by Gasteiger charge is 2.47. The standard InChI is InChI=1S/C37H49N3O7S/c1-38(2)18-3-23-45-32-8-4-28(5-9-32)27-39-19-16-31(17-20-39)40-21-14-30(15-22-40)37(46-24-25-47-37)29-6-10-33(11-7-29)48(43,44)34-12-13-35(41)36(42)26-34/h4-13,26,30-31,41-42H,3,14-25,27H2,1-2H3. The van der Waals surface area contributed by atoms with Crippen LogP contribution < -0.4 is 4.74 Å². The molecule has 0 atom stereocenters. The molecule has 6 rings (SSSR count). The van der Waals surface area contributed by atoms with Crippen LogP contribution in [0.4, 0.5) is 0 Å². The van der Waals surface area contributed by atoms with Crippen molar-refractivity contribution in [3.63, 3.8) is 0 Å². The monoisotopic (exact) mass is 679 g/mol. The van der Waals surface area contributed by atoms with Crippen molar-refractivity contribution < 1.29 is 32.8 Å². The zero-order valence-corrected chi connectivity index (χ0v) is 28.9. The fourth-order valence-electron chi connectivity index (χ4n) is 7.35. The third kappa shape index (κ3) is 7.82. The van der Waals surface area contributed by atoms with Crippen LogP contribution in [0.5, 0.6) is 17.2 Å². The molecule has 0 amide bonds. The molecule has 0 radical (unpaired) electrons. The third-order valence-corrected chi connectivity index (χ3v) is 11.8. The highest BCUT2D eigenvalue weighted by Crippen LogP contribution is 2.44. The van der Waals surface area contributed by atoms with Crippen LogP contribution in [-0.2, 0) is 31.6 Å². The fourth-order valence-corrected chi connectivity index (χ4v) is 8.63. The second kappa shape index (κ2) is 15.1. The lowest BCUT2D eigenvalue weighted by molar-refractivity contribution is -0.215. The summed E-state index contributed by atoms with van der Waals surface area (Å²) < 4.78 is 45.0. The molecule has 48 heavy (non-hydrogen) atoms. The predicted octanol–water partition coefficient (Wildman–Crippen LogP) is 4.84. The maximum Gasteiger partial charge on any atom is 0.206 e. The Hall–Kier alpha value is -3.19. The summed E-state index contributed by atoms with van der Waals surface area (Å²) in [5.74, 6) is -0.635. The van der Waals surface area contributed by atoms with E-state index in [1.54, 1.807) is 24.3 Å². The Morgan fingerprint density at radius 1 is 0.833 bits per heavy atom. The highest BCUT2D eigenvalue weighted by atomic mass is 32.2. The van der Waals surface area contributed by atoms with E-state index in [-0.39, 0.29) is 21.5 Å². The lowest BCUT2D eigenvalue weighted by Gasteiger charge is -2.45. The van der Waals surface area contributed by atoms with E-state index in [4.69, 9.17) is 14.2 Å². The summed E-state index contributed by atoms with van der Waals surface area (Å²) >= 11 is 0. The number of aromatic hydroxyl groups is 2. The SMILES string of the molecule is CN(C)CCCOc1ccc(CN2CCC(N3CCC(C4(c5ccc(S(=O)(=O)c6ccc(O)c(O)c6)cc5)OCCO4)CC3)CC2)cc1. The van der Waals surface area contributed by atoms with Gasteiger partial charge in [-0.15, -0.1) is 0 Å². The van der Waals surface area contributed by atoms with Crippen molar-refractivity contribution in [3.8, 4) is 17.2 Å². The molecule has 3 heterocycles. The number of phenols is 2. The summed E-state index contributed by atoms with van der Waals surface area (Å²) in [4.78, 5) is 7.38. The first-order valence-electron chi connectivity index (χ1n) is 17.1. The molecule has 3 aliphatic rings. The molecule has 3 saturated heterocycles. The van der Waals surface area contributed by atoms with Gasteiger partial charge >= 0.3 is 0 Å². The number of hydrogen-bond donors (Lipinski definition) is 2. The molecule has 0 unspecified atom stereocenters. The van der Waals surface area contributed by atoms with Crippen molar-refractivity contribution in [1.82, 2.24) is 14.7 Å². The molecule has 3 aromatic rings.